The molecule has 1 rings (SSSR count). The highest BCUT2D eigenvalue weighted by Crippen LogP contribution is 2.27. The van der Waals surface area contributed by atoms with Gasteiger partial charge in [0, 0.05) is 11.6 Å². The summed E-state index contributed by atoms with van der Waals surface area (Å²) in [6, 6.07) is 7.43. The van der Waals surface area contributed by atoms with Crippen molar-refractivity contribution in [3.63, 3.8) is 0 Å². The number of rotatable bonds is 6. The SMILES string of the molecule is CCC(CC)(C(N)Cc1cccc(O)c1)N(C)C. The van der Waals surface area contributed by atoms with Crippen LogP contribution in [-0.4, -0.2) is 35.7 Å². The van der Waals surface area contributed by atoms with Gasteiger partial charge in [-0.3, -0.25) is 0 Å². The van der Waals surface area contributed by atoms with Crippen molar-refractivity contribution in [1.82, 2.24) is 4.90 Å². The van der Waals surface area contributed by atoms with E-state index in [0.717, 1.165) is 24.8 Å². The third-order valence-corrected chi connectivity index (χ3v) is 4.17. The first-order valence-electron chi connectivity index (χ1n) is 6.67. The Morgan fingerprint density at radius 3 is 2.33 bits per heavy atom. The lowest BCUT2D eigenvalue weighted by Crippen LogP contribution is -2.57. The molecular weight excluding hydrogens is 224 g/mol. The average molecular weight is 250 g/mol. The number of benzene rings is 1. The van der Waals surface area contributed by atoms with E-state index in [1.54, 1.807) is 12.1 Å². The van der Waals surface area contributed by atoms with Crippen LogP contribution < -0.4 is 5.73 Å². The summed E-state index contributed by atoms with van der Waals surface area (Å²) in [5.74, 6) is 0.308. The van der Waals surface area contributed by atoms with E-state index in [1.807, 2.05) is 12.1 Å². The molecule has 0 saturated heterocycles. The van der Waals surface area contributed by atoms with Gasteiger partial charge in [0.05, 0.1) is 0 Å². The average Bonchev–Trinajstić information content (AvgIpc) is 2.30. The molecule has 0 saturated carbocycles. The fourth-order valence-corrected chi connectivity index (χ4v) is 2.87. The van der Waals surface area contributed by atoms with Gasteiger partial charge in [-0.2, -0.15) is 0 Å². The van der Waals surface area contributed by atoms with Crippen molar-refractivity contribution in [3.8, 4) is 5.75 Å². The predicted molar refractivity (Wildman–Crippen MR) is 76.8 cm³/mol. The molecule has 3 N–H and O–H groups in total. The van der Waals surface area contributed by atoms with Gasteiger partial charge in [-0.05, 0) is 51.1 Å². The van der Waals surface area contributed by atoms with Crippen LogP contribution in [0.3, 0.4) is 0 Å². The van der Waals surface area contributed by atoms with Crippen LogP contribution in [0.4, 0.5) is 0 Å². The molecule has 1 unspecified atom stereocenters. The van der Waals surface area contributed by atoms with Crippen molar-refractivity contribution in [3.05, 3.63) is 29.8 Å². The van der Waals surface area contributed by atoms with E-state index >= 15 is 0 Å². The molecule has 102 valence electrons. The predicted octanol–water partition coefficient (Wildman–Crippen LogP) is 2.38. The summed E-state index contributed by atoms with van der Waals surface area (Å²) in [5.41, 5.74) is 7.55. The topological polar surface area (TPSA) is 49.5 Å². The highest BCUT2D eigenvalue weighted by atomic mass is 16.3. The molecule has 0 aliphatic carbocycles. The number of likely N-dealkylation sites (N-methyl/N-ethyl adjacent to an activating group) is 1. The minimum absolute atomic E-state index is 0.0193. The first kappa shape index (κ1) is 15.0. The van der Waals surface area contributed by atoms with Crippen LogP contribution in [-0.2, 0) is 6.42 Å². The van der Waals surface area contributed by atoms with E-state index in [9.17, 15) is 5.11 Å². The second kappa shape index (κ2) is 6.21. The van der Waals surface area contributed by atoms with Gasteiger partial charge < -0.3 is 15.7 Å². The number of nitrogens with two attached hydrogens (primary N) is 1. The van der Waals surface area contributed by atoms with Crippen LogP contribution >= 0.6 is 0 Å². The molecule has 3 nitrogen and oxygen atoms in total. The van der Waals surface area contributed by atoms with E-state index < -0.39 is 0 Å². The number of hydrogen-bond donors (Lipinski definition) is 2. The summed E-state index contributed by atoms with van der Waals surface area (Å²) in [5, 5.41) is 9.50. The lowest BCUT2D eigenvalue weighted by Gasteiger charge is -2.43. The van der Waals surface area contributed by atoms with Crippen LogP contribution in [0.2, 0.25) is 0 Å². The third-order valence-electron chi connectivity index (χ3n) is 4.17. The summed E-state index contributed by atoms with van der Waals surface area (Å²) in [6.45, 7) is 4.37. The Bertz CT molecular complexity index is 373. The molecule has 0 bridgehead atoms. The van der Waals surface area contributed by atoms with Gasteiger partial charge in [0.15, 0.2) is 0 Å². The van der Waals surface area contributed by atoms with Crippen LogP contribution in [0.5, 0.6) is 5.75 Å². The zero-order chi connectivity index (χ0) is 13.8. The lowest BCUT2D eigenvalue weighted by molar-refractivity contribution is 0.105. The molecule has 1 atom stereocenters. The highest BCUT2D eigenvalue weighted by molar-refractivity contribution is 5.28. The molecule has 1 aromatic carbocycles. The van der Waals surface area contributed by atoms with E-state index in [4.69, 9.17) is 5.73 Å². The van der Waals surface area contributed by atoms with Crippen molar-refractivity contribution in [2.24, 2.45) is 5.73 Å². The van der Waals surface area contributed by atoms with Crippen molar-refractivity contribution in [2.75, 3.05) is 14.1 Å². The van der Waals surface area contributed by atoms with Crippen LogP contribution in [0, 0.1) is 0 Å². The summed E-state index contributed by atoms with van der Waals surface area (Å²) < 4.78 is 0. The summed E-state index contributed by atoms with van der Waals surface area (Å²) in [7, 11) is 4.19. The number of aromatic hydroxyl groups is 1. The summed E-state index contributed by atoms with van der Waals surface area (Å²) in [6.07, 6.45) is 2.83. The van der Waals surface area contributed by atoms with Crippen molar-refractivity contribution in [2.45, 2.75) is 44.7 Å². The monoisotopic (exact) mass is 250 g/mol. The molecule has 0 aliphatic heterocycles. The molecule has 0 aliphatic rings. The van der Waals surface area contributed by atoms with E-state index in [2.05, 4.69) is 32.8 Å². The van der Waals surface area contributed by atoms with E-state index in [-0.39, 0.29) is 11.6 Å². The Morgan fingerprint density at radius 1 is 1.28 bits per heavy atom. The number of hydrogen-bond acceptors (Lipinski definition) is 3. The molecule has 1 aromatic rings. The van der Waals surface area contributed by atoms with E-state index in [0.29, 0.717) is 5.75 Å². The first-order valence-corrected chi connectivity index (χ1v) is 6.67. The van der Waals surface area contributed by atoms with Crippen molar-refractivity contribution in [1.29, 1.82) is 0 Å². The molecule has 18 heavy (non-hydrogen) atoms. The minimum atomic E-state index is 0.0193. The fraction of sp³-hybridized carbons (Fsp3) is 0.600. The van der Waals surface area contributed by atoms with Gasteiger partial charge in [-0.1, -0.05) is 26.0 Å². The van der Waals surface area contributed by atoms with Crippen LogP contribution in [0.1, 0.15) is 32.3 Å². The van der Waals surface area contributed by atoms with Gasteiger partial charge in [-0.25, -0.2) is 0 Å². The van der Waals surface area contributed by atoms with E-state index in [1.165, 1.54) is 0 Å². The Labute approximate surface area is 111 Å². The molecule has 0 fully saturated rings. The lowest BCUT2D eigenvalue weighted by atomic mass is 9.81. The number of nitrogens with zero attached hydrogens (tertiary/aromatic N) is 1. The van der Waals surface area contributed by atoms with Crippen molar-refractivity contribution < 1.29 is 5.11 Å². The largest absolute Gasteiger partial charge is 0.508 e. The molecule has 0 amide bonds. The Morgan fingerprint density at radius 2 is 1.89 bits per heavy atom. The zero-order valence-corrected chi connectivity index (χ0v) is 12.0. The zero-order valence-electron chi connectivity index (χ0n) is 12.0. The van der Waals surface area contributed by atoms with Gasteiger partial charge in [-0.15, -0.1) is 0 Å². The first-order chi connectivity index (χ1) is 8.46. The van der Waals surface area contributed by atoms with Crippen molar-refractivity contribution >= 4 is 0 Å². The standard InChI is InChI=1S/C15H26N2O/c1-5-15(6-2,17(3)4)14(16)11-12-8-7-9-13(18)10-12/h7-10,14,18H,5-6,11,16H2,1-4H3. The second-order valence-electron chi connectivity index (χ2n) is 5.19. The third kappa shape index (κ3) is 3.03. The second-order valence-corrected chi connectivity index (χ2v) is 5.19. The Balaban J connectivity index is 2.88. The Hall–Kier alpha value is -1.06. The maximum Gasteiger partial charge on any atom is 0.115 e. The van der Waals surface area contributed by atoms with Gasteiger partial charge >= 0.3 is 0 Å². The molecule has 3 heteroatoms. The van der Waals surface area contributed by atoms with Crippen LogP contribution in [0.15, 0.2) is 24.3 Å². The molecule has 0 heterocycles. The van der Waals surface area contributed by atoms with Gasteiger partial charge in [0.2, 0.25) is 0 Å². The summed E-state index contributed by atoms with van der Waals surface area (Å²) in [4.78, 5) is 2.24. The maximum atomic E-state index is 9.50. The maximum absolute atomic E-state index is 9.50. The molecule has 0 aromatic heterocycles. The summed E-state index contributed by atoms with van der Waals surface area (Å²) >= 11 is 0. The minimum Gasteiger partial charge on any atom is -0.508 e. The normalized spacial score (nSPS) is 13.9. The quantitative estimate of drug-likeness (QED) is 0.815. The molecular formula is C15H26N2O. The number of phenolic OH excluding ortho intramolecular Hbond substituents is 1. The number of phenols is 1. The van der Waals surface area contributed by atoms with Crippen LogP contribution in [0.25, 0.3) is 0 Å². The highest BCUT2D eigenvalue weighted by Gasteiger charge is 2.35. The van der Waals surface area contributed by atoms with Gasteiger partial charge in [0.25, 0.3) is 0 Å². The molecule has 0 radical (unpaired) electrons. The smallest absolute Gasteiger partial charge is 0.115 e. The Kier molecular flexibility index (Phi) is 5.17. The molecule has 0 spiro atoms. The fourth-order valence-electron chi connectivity index (χ4n) is 2.87. The van der Waals surface area contributed by atoms with Gasteiger partial charge in [0.1, 0.15) is 5.75 Å².